The molecule has 0 spiro atoms. The monoisotopic (exact) mass is 474 g/mol. The largest absolute Gasteiger partial charge is 0.384 e. The molecule has 1 atom stereocenters. The third-order valence-electron chi connectivity index (χ3n) is 6.93. The SMILES string of the molecule is CC1(C)CC(=O)C2=C(C1)N(c1sc3c(c1C#N)CCCCC3)C(N)=C(C#N)C2c1cccs1. The van der Waals surface area contributed by atoms with Crippen molar-refractivity contribution >= 4 is 33.5 Å². The van der Waals surface area contributed by atoms with E-state index in [-0.39, 0.29) is 11.2 Å². The third-order valence-corrected chi connectivity index (χ3v) is 9.14. The van der Waals surface area contributed by atoms with Crippen LogP contribution in [0.25, 0.3) is 0 Å². The Hall–Kier alpha value is -2.87. The van der Waals surface area contributed by atoms with E-state index in [0.29, 0.717) is 35.4 Å². The highest BCUT2D eigenvalue weighted by Gasteiger charge is 2.46. The number of thiophene rings is 2. The molecule has 0 radical (unpaired) electrons. The Morgan fingerprint density at radius 2 is 1.94 bits per heavy atom. The van der Waals surface area contributed by atoms with Gasteiger partial charge in [-0.15, -0.1) is 22.7 Å². The fourth-order valence-corrected chi connectivity index (χ4v) is 7.70. The number of hydrogen-bond acceptors (Lipinski definition) is 7. The molecule has 0 aromatic carbocycles. The first-order valence-corrected chi connectivity index (χ1v) is 13.1. The van der Waals surface area contributed by atoms with Crippen LogP contribution in [0.3, 0.4) is 0 Å². The van der Waals surface area contributed by atoms with Gasteiger partial charge in [0, 0.05) is 27.4 Å². The molecule has 168 valence electrons. The van der Waals surface area contributed by atoms with Gasteiger partial charge in [-0.1, -0.05) is 26.3 Å². The van der Waals surface area contributed by atoms with E-state index in [0.717, 1.165) is 46.8 Å². The van der Waals surface area contributed by atoms with Crippen LogP contribution in [-0.2, 0) is 17.6 Å². The molecule has 5 rings (SSSR count). The number of anilines is 1. The first-order valence-electron chi connectivity index (χ1n) is 11.4. The number of Topliss-reactive ketones (excluding diaryl/α,β-unsaturated/α-hetero) is 1. The normalized spacial score (nSPS) is 22.4. The average molecular weight is 475 g/mol. The number of carbonyl (C=O) groups excluding carboxylic acids is 1. The molecular formula is C26H26N4OS2. The van der Waals surface area contributed by atoms with Gasteiger partial charge in [0.05, 0.1) is 23.1 Å². The van der Waals surface area contributed by atoms with Crippen molar-refractivity contribution in [2.75, 3.05) is 4.90 Å². The molecule has 0 fully saturated rings. The highest BCUT2D eigenvalue weighted by molar-refractivity contribution is 7.16. The fourth-order valence-electron chi connectivity index (χ4n) is 5.48. The molecule has 0 bridgehead atoms. The smallest absolute Gasteiger partial charge is 0.162 e. The van der Waals surface area contributed by atoms with Gasteiger partial charge < -0.3 is 5.73 Å². The molecule has 1 aliphatic heterocycles. The zero-order chi connectivity index (χ0) is 23.3. The summed E-state index contributed by atoms with van der Waals surface area (Å²) in [6.07, 6.45) is 6.33. The van der Waals surface area contributed by atoms with Crippen molar-refractivity contribution in [3.05, 3.63) is 61.1 Å². The number of nitriles is 2. The number of fused-ring (bicyclic) bond motifs is 1. The highest BCUT2D eigenvalue weighted by atomic mass is 32.1. The van der Waals surface area contributed by atoms with Gasteiger partial charge in [-0.3, -0.25) is 9.69 Å². The Morgan fingerprint density at radius 3 is 2.64 bits per heavy atom. The van der Waals surface area contributed by atoms with E-state index in [9.17, 15) is 15.3 Å². The molecule has 1 unspecified atom stereocenters. The van der Waals surface area contributed by atoms with Gasteiger partial charge in [0.2, 0.25) is 0 Å². The lowest BCUT2D eigenvalue weighted by atomic mass is 9.70. The van der Waals surface area contributed by atoms with E-state index >= 15 is 0 Å². The van der Waals surface area contributed by atoms with Gasteiger partial charge in [0.1, 0.15) is 16.9 Å². The van der Waals surface area contributed by atoms with Gasteiger partial charge in [-0.05, 0) is 54.5 Å². The Bertz CT molecular complexity index is 1280. The summed E-state index contributed by atoms with van der Waals surface area (Å²) >= 11 is 3.16. The molecule has 7 heteroatoms. The molecule has 2 aromatic heterocycles. The Balaban J connectivity index is 1.78. The minimum absolute atomic E-state index is 0.0709. The average Bonchev–Trinajstić information content (AvgIpc) is 3.34. The molecule has 0 amide bonds. The van der Waals surface area contributed by atoms with Crippen LogP contribution in [0.4, 0.5) is 5.00 Å². The maximum atomic E-state index is 13.6. The number of allylic oxidation sites excluding steroid dienone is 3. The van der Waals surface area contributed by atoms with E-state index in [4.69, 9.17) is 5.73 Å². The van der Waals surface area contributed by atoms with Gasteiger partial charge >= 0.3 is 0 Å². The van der Waals surface area contributed by atoms with E-state index in [1.54, 1.807) is 22.7 Å². The predicted octanol–water partition coefficient (Wildman–Crippen LogP) is 5.89. The van der Waals surface area contributed by atoms with Crippen LogP contribution in [0.1, 0.15) is 72.8 Å². The molecule has 2 aromatic rings. The van der Waals surface area contributed by atoms with Crippen LogP contribution in [-0.4, -0.2) is 5.78 Å². The summed E-state index contributed by atoms with van der Waals surface area (Å²) in [7, 11) is 0. The summed E-state index contributed by atoms with van der Waals surface area (Å²) in [4.78, 5) is 17.7. The lowest BCUT2D eigenvalue weighted by Gasteiger charge is -2.43. The second-order valence-electron chi connectivity index (χ2n) is 9.85. The third kappa shape index (κ3) is 3.51. The van der Waals surface area contributed by atoms with Crippen LogP contribution >= 0.6 is 22.7 Å². The van der Waals surface area contributed by atoms with Crippen molar-refractivity contribution in [1.29, 1.82) is 10.5 Å². The number of carbonyl (C=O) groups is 1. The summed E-state index contributed by atoms with van der Waals surface area (Å²) < 4.78 is 0. The van der Waals surface area contributed by atoms with Crippen LogP contribution in [0.5, 0.6) is 0 Å². The van der Waals surface area contributed by atoms with E-state index in [1.165, 1.54) is 11.3 Å². The lowest BCUT2D eigenvalue weighted by molar-refractivity contribution is -0.118. The summed E-state index contributed by atoms with van der Waals surface area (Å²) in [5, 5.41) is 23.1. The van der Waals surface area contributed by atoms with Crippen molar-refractivity contribution in [3.8, 4) is 12.1 Å². The molecular weight excluding hydrogens is 448 g/mol. The van der Waals surface area contributed by atoms with Crippen molar-refractivity contribution in [2.45, 2.75) is 64.7 Å². The zero-order valence-electron chi connectivity index (χ0n) is 18.9. The first kappa shape index (κ1) is 21.9. The standard InChI is InChI=1S/C26H26N4OS2/c1-26(2)11-18-23(19(31)12-26)22(21-9-6-10-32-21)17(14-28)24(29)30(18)25-16(13-27)15-7-4-3-5-8-20(15)33-25/h6,9-10,22H,3-5,7-8,11-12,29H2,1-2H3. The van der Waals surface area contributed by atoms with Gasteiger partial charge in [-0.2, -0.15) is 10.5 Å². The van der Waals surface area contributed by atoms with E-state index in [2.05, 4.69) is 26.0 Å². The fraction of sp³-hybridized carbons (Fsp3) is 0.423. The Labute approximate surface area is 202 Å². The number of nitrogens with zero attached hydrogens (tertiary/aromatic N) is 3. The molecule has 3 aliphatic rings. The van der Waals surface area contributed by atoms with Crippen LogP contribution < -0.4 is 10.6 Å². The van der Waals surface area contributed by atoms with Crippen molar-refractivity contribution in [3.63, 3.8) is 0 Å². The van der Waals surface area contributed by atoms with Crippen LogP contribution in [0.15, 0.2) is 40.2 Å². The molecule has 2 N–H and O–H groups in total. The molecule has 0 saturated heterocycles. The zero-order valence-corrected chi connectivity index (χ0v) is 20.5. The number of rotatable bonds is 2. The number of hydrogen-bond donors (Lipinski definition) is 1. The van der Waals surface area contributed by atoms with E-state index in [1.807, 2.05) is 22.4 Å². The van der Waals surface area contributed by atoms with Gasteiger partial charge in [0.15, 0.2) is 5.78 Å². The second-order valence-corrected chi connectivity index (χ2v) is 11.9. The molecule has 5 nitrogen and oxygen atoms in total. The highest BCUT2D eigenvalue weighted by Crippen LogP contribution is 2.53. The first-order chi connectivity index (χ1) is 15.9. The predicted molar refractivity (Wildman–Crippen MR) is 132 cm³/mol. The van der Waals surface area contributed by atoms with Gasteiger partial charge in [-0.25, -0.2) is 0 Å². The Morgan fingerprint density at radius 1 is 1.15 bits per heavy atom. The minimum atomic E-state index is -0.437. The maximum absolute atomic E-state index is 13.6. The Kier molecular flexibility index (Phi) is 5.43. The number of nitrogens with two attached hydrogens (primary N) is 1. The molecule has 33 heavy (non-hydrogen) atoms. The van der Waals surface area contributed by atoms with E-state index < -0.39 is 5.92 Å². The number of aryl methyl sites for hydroxylation is 1. The molecule has 2 aliphatic carbocycles. The summed E-state index contributed by atoms with van der Waals surface area (Å²) in [6, 6.07) is 8.70. The quantitative estimate of drug-likeness (QED) is 0.548. The number of ketones is 1. The summed E-state index contributed by atoms with van der Waals surface area (Å²) in [6.45, 7) is 4.20. The topological polar surface area (TPSA) is 93.9 Å². The van der Waals surface area contributed by atoms with Crippen LogP contribution in [0, 0.1) is 28.1 Å². The maximum Gasteiger partial charge on any atom is 0.162 e. The molecule has 3 heterocycles. The second kappa shape index (κ2) is 8.17. The van der Waals surface area contributed by atoms with Crippen molar-refractivity contribution < 1.29 is 4.79 Å². The van der Waals surface area contributed by atoms with Crippen molar-refractivity contribution in [1.82, 2.24) is 0 Å². The summed E-state index contributed by atoms with van der Waals surface area (Å²) in [5.74, 6) is -0.0113. The minimum Gasteiger partial charge on any atom is -0.384 e. The van der Waals surface area contributed by atoms with Gasteiger partial charge in [0.25, 0.3) is 0 Å². The van der Waals surface area contributed by atoms with Crippen molar-refractivity contribution in [2.24, 2.45) is 11.1 Å². The summed E-state index contributed by atoms with van der Waals surface area (Å²) in [5.41, 5.74) is 10.3. The van der Waals surface area contributed by atoms with Crippen LogP contribution in [0.2, 0.25) is 0 Å². The molecule has 0 saturated carbocycles. The lowest BCUT2D eigenvalue weighted by Crippen LogP contribution is -2.42.